The van der Waals surface area contributed by atoms with Crippen molar-refractivity contribution in [3.8, 4) is 0 Å². The minimum Gasteiger partial charge on any atom is -0.393 e. The van der Waals surface area contributed by atoms with Gasteiger partial charge < -0.3 is 10.4 Å². The molecule has 4 heteroatoms. The third kappa shape index (κ3) is 2.42. The molecule has 4 nitrogen and oxygen atoms in total. The molecule has 0 bridgehead atoms. The third-order valence-corrected chi connectivity index (χ3v) is 2.67. The summed E-state index contributed by atoms with van der Waals surface area (Å²) in [5.74, 6) is 1.45. The summed E-state index contributed by atoms with van der Waals surface area (Å²) in [6.07, 6.45) is 6.13. The van der Waals surface area contributed by atoms with E-state index in [2.05, 4.69) is 15.3 Å². The predicted molar refractivity (Wildman–Crippen MR) is 53.9 cm³/mol. The Morgan fingerprint density at radius 1 is 1.50 bits per heavy atom. The van der Waals surface area contributed by atoms with Crippen molar-refractivity contribution >= 4 is 5.82 Å². The molecule has 1 saturated carbocycles. The van der Waals surface area contributed by atoms with Crippen LogP contribution in [0.5, 0.6) is 0 Å². The number of hydrogen-bond donors (Lipinski definition) is 2. The second-order valence-corrected chi connectivity index (χ2v) is 3.81. The van der Waals surface area contributed by atoms with Gasteiger partial charge in [-0.25, -0.2) is 9.97 Å². The second-order valence-electron chi connectivity index (χ2n) is 3.81. The van der Waals surface area contributed by atoms with Crippen LogP contribution in [0.2, 0.25) is 0 Å². The first kappa shape index (κ1) is 9.40. The number of aliphatic hydroxyl groups is 1. The van der Waals surface area contributed by atoms with Crippen LogP contribution >= 0.6 is 0 Å². The van der Waals surface area contributed by atoms with Crippen LogP contribution in [-0.2, 0) is 0 Å². The Morgan fingerprint density at radius 2 is 2.43 bits per heavy atom. The third-order valence-electron chi connectivity index (χ3n) is 2.67. The highest BCUT2D eigenvalue weighted by molar-refractivity contribution is 5.31. The SMILES string of the molecule is OC1CCC(CNc2ccncn2)C1. The van der Waals surface area contributed by atoms with E-state index >= 15 is 0 Å². The second kappa shape index (κ2) is 4.37. The van der Waals surface area contributed by atoms with Crippen LogP contribution in [0.1, 0.15) is 19.3 Å². The lowest BCUT2D eigenvalue weighted by Gasteiger charge is -2.10. The Labute approximate surface area is 83.4 Å². The number of aromatic nitrogens is 2. The number of aliphatic hydroxyl groups excluding tert-OH is 1. The molecule has 0 aliphatic heterocycles. The highest BCUT2D eigenvalue weighted by atomic mass is 16.3. The van der Waals surface area contributed by atoms with E-state index in [1.807, 2.05) is 6.07 Å². The summed E-state index contributed by atoms with van der Waals surface area (Å²) < 4.78 is 0. The van der Waals surface area contributed by atoms with E-state index in [1.165, 1.54) is 6.33 Å². The fraction of sp³-hybridized carbons (Fsp3) is 0.600. The fourth-order valence-corrected chi connectivity index (χ4v) is 1.88. The molecule has 1 fully saturated rings. The fourth-order valence-electron chi connectivity index (χ4n) is 1.88. The van der Waals surface area contributed by atoms with Gasteiger partial charge in [-0.2, -0.15) is 0 Å². The molecule has 1 aromatic rings. The van der Waals surface area contributed by atoms with E-state index in [-0.39, 0.29) is 6.10 Å². The number of hydrogen-bond acceptors (Lipinski definition) is 4. The Bertz CT molecular complexity index is 278. The zero-order chi connectivity index (χ0) is 9.80. The van der Waals surface area contributed by atoms with Gasteiger partial charge in [0.1, 0.15) is 12.1 Å². The molecule has 2 rings (SSSR count). The van der Waals surface area contributed by atoms with E-state index in [0.29, 0.717) is 5.92 Å². The smallest absolute Gasteiger partial charge is 0.129 e. The molecule has 1 aromatic heterocycles. The van der Waals surface area contributed by atoms with Crippen molar-refractivity contribution in [1.82, 2.24) is 9.97 Å². The van der Waals surface area contributed by atoms with Gasteiger partial charge in [0.15, 0.2) is 0 Å². The first-order chi connectivity index (χ1) is 6.84. The first-order valence-electron chi connectivity index (χ1n) is 5.02. The molecule has 2 unspecified atom stereocenters. The van der Waals surface area contributed by atoms with Crippen LogP contribution in [0.4, 0.5) is 5.82 Å². The van der Waals surface area contributed by atoms with Crippen LogP contribution in [0.25, 0.3) is 0 Å². The molecule has 1 heterocycles. The first-order valence-corrected chi connectivity index (χ1v) is 5.02. The van der Waals surface area contributed by atoms with E-state index in [1.54, 1.807) is 6.20 Å². The Balaban J connectivity index is 1.78. The van der Waals surface area contributed by atoms with Gasteiger partial charge in [0, 0.05) is 12.7 Å². The summed E-state index contributed by atoms with van der Waals surface area (Å²) in [5.41, 5.74) is 0. The van der Waals surface area contributed by atoms with E-state index in [0.717, 1.165) is 31.6 Å². The summed E-state index contributed by atoms with van der Waals surface area (Å²) in [6.45, 7) is 0.897. The molecule has 0 spiro atoms. The molecule has 76 valence electrons. The zero-order valence-corrected chi connectivity index (χ0v) is 8.06. The maximum atomic E-state index is 9.34. The van der Waals surface area contributed by atoms with Gasteiger partial charge in [0.05, 0.1) is 6.10 Å². The highest BCUT2D eigenvalue weighted by Crippen LogP contribution is 2.25. The minimum atomic E-state index is -0.0906. The van der Waals surface area contributed by atoms with Gasteiger partial charge in [0.25, 0.3) is 0 Å². The Hall–Kier alpha value is -1.16. The monoisotopic (exact) mass is 193 g/mol. The molecule has 0 aromatic carbocycles. The lowest BCUT2D eigenvalue weighted by atomic mass is 10.1. The minimum absolute atomic E-state index is 0.0906. The van der Waals surface area contributed by atoms with Gasteiger partial charge in [-0.1, -0.05) is 0 Å². The topological polar surface area (TPSA) is 58.0 Å². The summed E-state index contributed by atoms with van der Waals surface area (Å²) in [5, 5.41) is 12.6. The highest BCUT2D eigenvalue weighted by Gasteiger charge is 2.22. The number of anilines is 1. The van der Waals surface area contributed by atoms with Crippen LogP contribution in [0.15, 0.2) is 18.6 Å². The van der Waals surface area contributed by atoms with Crippen molar-refractivity contribution in [2.24, 2.45) is 5.92 Å². The van der Waals surface area contributed by atoms with Crippen molar-refractivity contribution in [2.45, 2.75) is 25.4 Å². The van der Waals surface area contributed by atoms with E-state index in [9.17, 15) is 5.11 Å². The molecule has 1 aliphatic rings. The summed E-state index contributed by atoms with van der Waals surface area (Å²) in [4.78, 5) is 7.92. The molecule has 2 atom stereocenters. The molecule has 1 aliphatic carbocycles. The van der Waals surface area contributed by atoms with Crippen LogP contribution < -0.4 is 5.32 Å². The van der Waals surface area contributed by atoms with Crippen LogP contribution in [0.3, 0.4) is 0 Å². The van der Waals surface area contributed by atoms with E-state index in [4.69, 9.17) is 0 Å². The largest absolute Gasteiger partial charge is 0.393 e. The van der Waals surface area contributed by atoms with Gasteiger partial charge in [-0.05, 0) is 31.2 Å². The van der Waals surface area contributed by atoms with Crippen molar-refractivity contribution in [2.75, 3.05) is 11.9 Å². The maximum Gasteiger partial charge on any atom is 0.129 e. The number of nitrogens with one attached hydrogen (secondary N) is 1. The molecule has 0 amide bonds. The van der Waals surface area contributed by atoms with Crippen molar-refractivity contribution in [3.05, 3.63) is 18.6 Å². The van der Waals surface area contributed by atoms with Gasteiger partial charge in [-0.15, -0.1) is 0 Å². The number of rotatable bonds is 3. The lowest BCUT2D eigenvalue weighted by Crippen LogP contribution is -2.13. The molecule has 0 radical (unpaired) electrons. The molecule has 14 heavy (non-hydrogen) atoms. The van der Waals surface area contributed by atoms with Crippen LogP contribution in [0, 0.1) is 5.92 Å². The Morgan fingerprint density at radius 3 is 3.07 bits per heavy atom. The molecule has 2 N–H and O–H groups in total. The van der Waals surface area contributed by atoms with Crippen molar-refractivity contribution in [3.63, 3.8) is 0 Å². The van der Waals surface area contributed by atoms with Crippen molar-refractivity contribution < 1.29 is 5.11 Å². The van der Waals surface area contributed by atoms with Crippen molar-refractivity contribution in [1.29, 1.82) is 0 Å². The summed E-state index contributed by atoms with van der Waals surface area (Å²) in [6, 6.07) is 1.85. The Kier molecular flexibility index (Phi) is 2.93. The average molecular weight is 193 g/mol. The average Bonchev–Trinajstić information content (AvgIpc) is 2.63. The summed E-state index contributed by atoms with van der Waals surface area (Å²) in [7, 11) is 0. The number of nitrogens with zero attached hydrogens (tertiary/aromatic N) is 2. The predicted octanol–water partition coefficient (Wildman–Crippen LogP) is 1.05. The molecule has 0 saturated heterocycles. The van der Waals surface area contributed by atoms with Gasteiger partial charge in [-0.3, -0.25) is 0 Å². The standard InChI is InChI=1S/C10H15N3O/c14-9-2-1-8(5-9)6-12-10-3-4-11-7-13-10/h3-4,7-9,14H,1-2,5-6H2,(H,11,12,13). The normalized spacial score (nSPS) is 26.4. The lowest BCUT2D eigenvalue weighted by molar-refractivity contribution is 0.178. The zero-order valence-electron chi connectivity index (χ0n) is 8.06. The van der Waals surface area contributed by atoms with Crippen LogP contribution in [-0.4, -0.2) is 27.7 Å². The summed E-state index contributed by atoms with van der Waals surface area (Å²) >= 11 is 0. The van der Waals surface area contributed by atoms with Gasteiger partial charge >= 0.3 is 0 Å². The molecular formula is C10H15N3O. The van der Waals surface area contributed by atoms with E-state index < -0.39 is 0 Å². The molecular weight excluding hydrogens is 178 g/mol. The van der Waals surface area contributed by atoms with Gasteiger partial charge in [0.2, 0.25) is 0 Å². The quantitative estimate of drug-likeness (QED) is 0.753. The maximum absolute atomic E-state index is 9.34.